The molecule has 0 bridgehead atoms. The molecule has 0 aromatic carbocycles. The Hall–Kier alpha value is -2.16. The highest BCUT2D eigenvalue weighted by Gasteiger charge is 2.38. The first-order chi connectivity index (χ1) is 9.90. The molecule has 0 aliphatic heterocycles. The van der Waals surface area contributed by atoms with Gasteiger partial charge in [0.2, 0.25) is 6.10 Å². The van der Waals surface area contributed by atoms with Gasteiger partial charge >= 0.3 is 11.9 Å². The second-order valence-electron chi connectivity index (χ2n) is 3.14. The van der Waals surface area contributed by atoms with Crippen LogP contribution in [0.2, 0.25) is 0 Å². The molecule has 10 nitrogen and oxygen atoms in total. The SMILES string of the molecule is [2H]CC(=O)O[C@H]([C@H](O)CO)[C@@H](OC(=O)C[2H])C(=O)N=[N+]=[N-]. The number of aliphatic hydroxyl groups is 2. The Morgan fingerprint density at radius 1 is 1.37 bits per heavy atom. The van der Waals surface area contributed by atoms with E-state index in [2.05, 4.69) is 19.5 Å². The predicted molar refractivity (Wildman–Crippen MR) is 58.4 cm³/mol. The number of esters is 2. The highest BCUT2D eigenvalue weighted by Crippen LogP contribution is 2.12. The number of carbonyl (C=O) groups excluding carboxylic acids is 3. The molecular formula is C9H13N3O7. The lowest BCUT2D eigenvalue weighted by molar-refractivity contribution is -0.179. The van der Waals surface area contributed by atoms with Crippen molar-refractivity contribution >= 4 is 17.8 Å². The Kier molecular flexibility index (Phi) is 5.61. The van der Waals surface area contributed by atoms with Gasteiger partial charge in [-0.15, -0.1) is 0 Å². The third kappa shape index (κ3) is 5.82. The minimum absolute atomic E-state index is 0.858. The largest absolute Gasteiger partial charge is 0.455 e. The summed E-state index contributed by atoms with van der Waals surface area (Å²) in [4.78, 5) is 35.9. The van der Waals surface area contributed by atoms with E-state index in [0.29, 0.717) is 0 Å². The van der Waals surface area contributed by atoms with Crippen LogP contribution in [0.1, 0.15) is 16.5 Å². The number of aliphatic hydroxyl groups excluding tert-OH is 2. The van der Waals surface area contributed by atoms with Crippen molar-refractivity contribution in [3.05, 3.63) is 10.4 Å². The van der Waals surface area contributed by atoms with Gasteiger partial charge in [-0.3, -0.25) is 14.4 Å². The first kappa shape index (κ1) is 13.3. The molecule has 0 aliphatic carbocycles. The Bertz CT molecular complexity index is 441. The fraction of sp³-hybridized carbons (Fsp3) is 0.667. The van der Waals surface area contributed by atoms with Crippen LogP contribution in [0.3, 0.4) is 0 Å². The predicted octanol–water partition coefficient (Wildman–Crippen LogP) is -0.960. The van der Waals surface area contributed by atoms with Gasteiger partial charge in [-0.2, -0.15) is 0 Å². The summed E-state index contributed by atoms with van der Waals surface area (Å²) in [5.74, 6) is -3.78. The topological polar surface area (TPSA) is 159 Å². The Morgan fingerprint density at radius 2 is 1.95 bits per heavy atom. The van der Waals surface area contributed by atoms with E-state index in [-0.39, 0.29) is 0 Å². The molecule has 3 atom stereocenters. The van der Waals surface area contributed by atoms with Gasteiger partial charge in [-0.25, -0.2) is 0 Å². The van der Waals surface area contributed by atoms with Gasteiger partial charge in [-0.05, 0) is 10.6 Å². The van der Waals surface area contributed by atoms with Crippen LogP contribution in [0.15, 0.2) is 5.11 Å². The lowest BCUT2D eigenvalue weighted by Gasteiger charge is -2.26. The van der Waals surface area contributed by atoms with Crippen molar-refractivity contribution in [1.29, 1.82) is 0 Å². The highest BCUT2D eigenvalue weighted by atomic mass is 16.6. The molecule has 106 valence electrons. The minimum Gasteiger partial charge on any atom is -0.455 e. The average Bonchev–Trinajstić information content (AvgIpc) is 2.49. The van der Waals surface area contributed by atoms with Crippen LogP contribution < -0.4 is 0 Å². The van der Waals surface area contributed by atoms with Crippen molar-refractivity contribution in [2.75, 3.05) is 6.61 Å². The second-order valence-corrected chi connectivity index (χ2v) is 3.14. The van der Waals surface area contributed by atoms with Crippen molar-refractivity contribution in [1.82, 2.24) is 0 Å². The molecule has 0 fully saturated rings. The molecule has 0 heterocycles. The summed E-state index contributed by atoms with van der Waals surface area (Å²) in [6.45, 7) is -2.70. The summed E-state index contributed by atoms with van der Waals surface area (Å²) in [5.41, 5.74) is 8.19. The fourth-order valence-corrected chi connectivity index (χ4v) is 1.10. The molecule has 0 saturated carbocycles. The molecule has 0 spiro atoms. The molecule has 2 N–H and O–H groups in total. The third-order valence-corrected chi connectivity index (χ3v) is 1.78. The number of azide groups is 1. The summed E-state index contributed by atoms with van der Waals surface area (Å²) >= 11 is 0. The van der Waals surface area contributed by atoms with Gasteiger partial charge in [0, 0.05) is 21.5 Å². The van der Waals surface area contributed by atoms with E-state index in [9.17, 15) is 19.5 Å². The van der Waals surface area contributed by atoms with E-state index in [0.717, 1.165) is 0 Å². The summed E-state index contributed by atoms with van der Waals surface area (Å²) in [6.07, 6.45) is -5.74. The van der Waals surface area contributed by atoms with E-state index >= 15 is 0 Å². The van der Waals surface area contributed by atoms with Crippen molar-refractivity contribution in [3.8, 4) is 0 Å². The van der Waals surface area contributed by atoms with Crippen molar-refractivity contribution in [2.45, 2.75) is 32.1 Å². The van der Waals surface area contributed by atoms with Crippen molar-refractivity contribution in [3.63, 3.8) is 0 Å². The van der Waals surface area contributed by atoms with Gasteiger partial charge in [0.1, 0.15) is 6.10 Å². The first-order valence-corrected chi connectivity index (χ1v) is 4.76. The standard InChI is InChI=1S/C9H13N3O7/c1-4(14)18-7(6(16)3-13)8(19-5(2)15)9(17)11-12-10/h6-8,13,16H,3H2,1-2H3/t6-,7-,8-/m1/s1/i1D,2D. The Morgan fingerprint density at radius 3 is 2.42 bits per heavy atom. The van der Waals surface area contributed by atoms with E-state index in [1.54, 1.807) is 0 Å². The number of rotatable bonds is 6. The van der Waals surface area contributed by atoms with Gasteiger partial charge in [0.25, 0.3) is 5.91 Å². The average molecular weight is 277 g/mol. The molecule has 0 rings (SSSR count). The molecule has 19 heavy (non-hydrogen) atoms. The molecule has 0 aliphatic rings. The molecular weight excluding hydrogens is 262 g/mol. The van der Waals surface area contributed by atoms with E-state index in [4.69, 9.17) is 13.4 Å². The quantitative estimate of drug-likeness (QED) is 0.273. The molecule has 0 unspecified atom stereocenters. The van der Waals surface area contributed by atoms with Crippen LogP contribution in [-0.4, -0.2) is 53.0 Å². The van der Waals surface area contributed by atoms with Crippen LogP contribution >= 0.6 is 0 Å². The second kappa shape index (κ2) is 8.03. The van der Waals surface area contributed by atoms with Crippen molar-refractivity contribution in [2.24, 2.45) is 5.11 Å². The number of nitrogens with zero attached hydrogens (tertiary/aromatic N) is 3. The third-order valence-electron chi connectivity index (χ3n) is 1.78. The molecule has 0 aromatic heterocycles. The molecule has 1 amide bonds. The Balaban J connectivity index is 5.41. The summed E-state index contributed by atoms with van der Waals surface area (Å²) in [7, 11) is 0. The zero-order chi connectivity index (χ0) is 16.4. The maximum Gasteiger partial charge on any atom is 0.303 e. The van der Waals surface area contributed by atoms with Crippen LogP contribution in [0.4, 0.5) is 0 Å². The summed E-state index contributed by atoms with van der Waals surface area (Å²) in [5, 5.41) is 21.0. The van der Waals surface area contributed by atoms with Crippen molar-refractivity contribution < 1.29 is 36.8 Å². The number of hydrogen-bond donors (Lipinski definition) is 2. The van der Waals surface area contributed by atoms with Crippen LogP contribution in [0.5, 0.6) is 0 Å². The zero-order valence-corrected chi connectivity index (χ0v) is 9.63. The number of ether oxygens (including phenoxy) is 2. The monoisotopic (exact) mass is 277 g/mol. The van der Waals surface area contributed by atoms with E-state index in [1.807, 2.05) is 0 Å². The van der Waals surface area contributed by atoms with Crippen LogP contribution in [-0.2, 0) is 23.9 Å². The summed E-state index contributed by atoms with van der Waals surface area (Å²) < 4.78 is 22.6. The lowest BCUT2D eigenvalue weighted by atomic mass is 10.1. The van der Waals surface area contributed by atoms with E-state index < -0.39 is 56.6 Å². The smallest absolute Gasteiger partial charge is 0.303 e. The van der Waals surface area contributed by atoms with Crippen LogP contribution in [0.25, 0.3) is 10.4 Å². The number of hydrogen-bond acceptors (Lipinski definition) is 7. The van der Waals surface area contributed by atoms with Crippen LogP contribution in [0, 0.1) is 0 Å². The Labute approximate surface area is 110 Å². The molecule has 0 aromatic rings. The van der Waals surface area contributed by atoms with E-state index in [1.165, 1.54) is 0 Å². The van der Waals surface area contributed by atoms with Gasteiger partial charge in [0.15, 0.2) is 6.10 Å². The molecule has 10 heteroatoms. The summed E-state index contributed by atoms with van der Waals surface area (Å²) in [6, 6.07) is 0. The zero-order valence-electron chi connectivity index (χ0n) is 11.6. The maximum absolute atomic E-state index is 11.5. The van der Waals surface area contributed by atoms with Gasteiger partial charge < -0.3 is 19.7 Å². The molecule has 0 radical (unpaired) electrons. The normalized spacial score (nSPS) is 15.9. The van der Waals surface area contributed by atoms with Gasteiger partial charge in [0.05, 0.1) is 6.61 Å². The minimum atomic E-state index is -2.03. The molecule has 0 saturated heterocycles. The highest BCUT2D eigenvalue weighted by molar-refractivity contribution is 5.85. The fourth-order valence-electron chi connectivity index (χ4n) is 1.10. The maximum atomic E-state index is 11.5. The van der Waals surface area contributed by atoms with Gasteiger partial charge in [-0.1, -0.05) is 0 Å². The number of carbonyl (C=O) groups is 3. The lowest BCUT2D eigenvalue weighted by Crippen LogP contribution is -2.48. The first-order valence-electron chi connectivity index (χ1n) is 6.17. The number of amides is 1.